The molecule has 3 heterocycles. The fourth-order valence-electron chi connectivity index (χ4n) is 3.75. The zero-order valence-corrected chi connectivity index (χ0v) is 17.3. The van der Waals surface area contributed by atoms with Gasteiger partial charge in [0.1, 0.15) is 0 Å². The molecule has 4 rings (SSSR count). The third-order valence-corrected chi connectivity index (χ3v) is 5.44. The number of rotatable bonds is 6. The third kappa shape index (κ3) is 5.03. The van der Waals surface area contributed by atoms with E-state index in [2.05, 4.69) is 20.4 Å². The van der Waals surface area contributed by atoms with Crippen LogP contribution in [0.15, 0.2) is 53.1 Å². The fraction of sp³-hybridized carbons (Fsp3) is 0.391. The average molecular weight is 406 g/mol. The number of nitrogens with one attached hydrogen (secondary N) is 1. The summed E-state index contributed by atoms with van der Waals surface area (Å²) in [4.78, 5) is 23.4. The van der Waals surface area contributed by atoms with Gasteiger partial charge in [0, 0.05) is 42.5 Å². The summed E-state index contributed by atoms with van der Waals surface area (Å²) in [5.41, 5.74) is 3.04. The number of nitrogens with zero attached hydrogens (tertiary/aromatic N) is 4. The van der Waals surface area contributed by atoms with Crippen molar-refractivity contribution in [2.45, 2.75) is 38.5 Å². The van der Waals surface area contributed by atoms with Crippen molar-refractivity contribution < 1.29 is 9.32 Å². The molecule has 1 aliphatic heterocycles. The third-order valence-electron chi connectivity index (χ3n) is 5.44. The minimum Gasteiger partial charge on any atom is -0.339 e. The summed E-state index contributed by atoms with van der Waals surface area (Å²) in [5.74, 6) is 1.49. The largest absolute Gasteiger partial charge is 0.339 e. The normalized spacial score (nSPS) is 14.6. The summed E-state index contributed by atoms with van der Waals surface area (Å²) in [6.45, 7) is 4.03. The van der Waals surface area contributed by atoms with Crippen LogP contribution in [0.5, 0.6) is 0 Å². The topological polar surface area (TPSA) is 84.2 Å². The lowest BCUT2D eigenvalue weighted by molar-refractivity contribution is 0.175. The van der Waals surface area contributed by atoms with Crippen molar-refractivity contribution in [2.75, 3.05) is 19.6 Å². The highest BCUT2D eigenvalue weighted by Crippen LogP contribution is 2.28. The maximum absolute atomic E-state index is 12.4. The standard InChI is InChI=1S/C23H27N5O2/c1-17-7-5-10-20(25-17)11-6-14-24-23(29)28-15-12-19(13-16-28)22-26-21(27-30-22)18-8-3-2-4-9-18/h2-5,7-10,19H,6,11-16H2,1H3,(H,24,29). The Morgan fingerprint density at radius 1 is 1.10 bits per heavy atom. The number of pyridine rings is 1. The molecule has 156 valence electrons. The van der Waals surface area contributed by atoms with Gasteiger partial charge in [-0.2, -0.15) is 4.98 Å². The number of aryl methyl sites for hydroxylation is 2. The van der Waals surface area contributed by atoms with Gasteiger partial charge in [0.2, 0.25) is 11.7 Å². The van der Waals surface area contributed by atoms with Crippen LogP contribution >= 0.6 is 0 Å². The second kappa shape index (κ2) is 9.52. The smallest absolute Gasteiger partial charge is 0.317 e. The molecule has 0 unspecified atom stereocenters. The van der Waals surface area contributed by atoms with Crippen molar-refractivity contribution >= 4 is 6.03 Å². The second-order valence-electron chi connectivity index (χ2n) is 7.69. The lowest BCUT2D eigenvalue weighted by Gasteiger charge is -2.30. The van der Waals surface area contributed by atoms with Gasteiger partial charge in [-0.15, -0.1) is 0 Å². The number of carbonyl (C=O) groups is 1. The number of hydrogen-bond donors (Lipinski definition) is 1. The zero-order chi connectivity index (χ0) is 20.8. The maximum Gasteiger partial charge on any atom is 0.317 e. The molecule has 1 aromatic carbocycles. The molecule has 3 aromatic rings. The highest BCUT2D eigenvalue weighted by atomic mass is 16.5. The SMILES string of the molecule is Cc1cccc(CCCNC(=O)N2CCC(c3nc(-c4ccccc4)no3)CC2)n1. The van der Waals surface area contributed by atoms with E-state index < -0.39 is 0 Å². The van der Waals surface area contributed by atoms with Crippen LogP contribution in [-0.2, 0) is 6.42 Å². The summed E-state index contributed by atoms with van der Waals surface area (Å²) < 4.78 is 5.50. The molecule has 2 amide bonds. The van der Waals surface area contributed by atoms with Crippen molar-refractivity contribution in [3.8, 4) is 11.4 Å². The minimum atomic E-state index is 0.00107. The van der Waals surface area contributed by atoms with Gasteiger partial charge in [-0.05, 0) is 44.7 Å². The molecule has 0 aliphatic carbocycles. The molecule has 7 heteroatoms. The van der Waals surface area contributed by atoms with Crippen molar-refractivity contribution in [3.05, 3.63) is 65.8 Å². The van der Waals surface area contributed by atoms with Gasteiger partial charge in [0.25, 0.3) is 0 Å². The van der Waals surface area contributed by atoms with Crippen LogP contribution in [0.4, 0.5) is 4.79 Å². The number of benzene rings is 1. The zero-order valence-electron chi connectivity index (χ0n) is 17.3. The summed E-state index contributed by atoms with van der Waals surface area (Å²) in [5, 5.41) is 7.14. The van der Waals surface area contributed by atoms with Gasteiger partial charge in [-0.1, -0.05) is 41.6 Å². The number of amides is 2. The van der Waals surface area contributed by atoms with E-state index in [1.807, 2.05) is 60.4 Å². The predicted molar refractivity (Wildman–Crippen MR) is 114 cm³/mol. The molecule has 1 saturated heterocycles. The summed E-state index contributed by atoms with van der Waals surface area (Å²) in [7, 11) is 0. The molecule has 0 bridgehead atoms. The molecule has 7 nitrogen and oxygen atoms in total. The summed E-state index contributed by atoms with van der Waals surface area (Å²) >= 11 is 0. The molecular weight excluding hydrogens is 378 g/mol. The van der Waals surface area contributed by atoms with Crippen molar-refractivity contribution in [1.29, 1.82) is 0 Å². The molecular formula is C23H27N5O2. The molecule has 30 heavy (non-hydrogen) atoms. The molecule has 1 N–H and O–H groups in total. The van der Waals surface area contributed by atoms with Gasteiger partial charge >= 0.3 is 6.03 Å². The first-order chi connectivity index (χ1) is 14.7. The van der Waals surface area contributed by atoms with Crippen LogP contribution in [-0.4, -0.2) is 45.7 Å². The quantitative estimate of drug-likeness (QED) is 0.628. The fourth-order valence-corrected chi connectivity index (χ4v) is 3.75. The number of piperidine rings is 1. The van der Waals surface area contributed by atoms with Gasteiger partial charge in [-0.3, -0.25) is 4.98 Å². The van der Waals surface area contributed by atoms with Crippen LogP contribution in [0.3, 0.4) is 0 Å². The van der Waals surface area contributed by atoms with E-state index in [9.17, 15) is 4.79 Å². The molecule has 1 aliphatic rings. The van der Waals surface area contributed by atoms with Crippen LogP contribution < -0.4 is 5.32 Å². The lowest BCUT2D eigenvalue weighted by atomic mass is 9.97. The first-order valence-electron chi connectivity index (χ1n) is 10.5. The van der Waals surface area contributed by atoms with Gasteiger partial charge in [-0.25, -0.2) is 4.79 Å². The molecule has 0 spiro atoms. The summed E-state index contributed by atoms with van der Waals surface area (Å²) in [6.07, 6.45) is 3.40. The second-order valence-corrected chi connectivity index (χ2v) is 7.69. The first kappa shape index (κ1) is 20.1. The van der Waals surface area contributed by atoms with Crippen LogP contribution in [0.2, 0.25) is 0 Å². The Morgan fingerprint density at radius 2 is 1.90 bits per heavy atom. The van der Waals surface area contributed by atoms with E-state index in [0.29, 0.717) is 31.3 Å². The van der Waals surface area contributed by atoms with E-state index in [1.54, 1.807) is 0 Å². The Labute approximate surface area is 176 Å². The molecule has 0 radical (unpaired) electrons. The summed E-state index contributed by atoms with van der Waals surface area (Å²) in [6, 6.07) is 15.9. The average Bonchev–Trinajstić information content (AvgIpc) is 3.28. The van der Waals surface area contributed by atoms with Crippen molar-refractivity contribution in [2.24, 2.45) is 0 Å². The Hall–Kier alpha value is -3.22. The first-order valence-corrected chi connectivity index (χ1v) is 10.5. The van der Waals surface area contributed by atoms with E-state index in [-0.39, 0.29) is 11.9 Å². The van der Waals surface area contributed by atoms with Crippen molar-refractivity contribution in [3.63, 3.8) is 0 Å². The number of aromatic nitrogens is 3. The Balaban J connectivity index is 1.20. The minimum absolute atomic E-state index is 0.00107. The van der Waals surface area contributed by atoms with Gasteiger partial charge < -0.3 is 14.7 Å². The van der Waals surface area contributed by atoms with E-state index >= 15 is 0 Å². The van der Waals surface area contributed by atoms with Crippen LogP contribution in [0, 0.1) is 6.92 Å². The Bertz CT molecular complexity index is 964. The highest BCUT2D eigenvalue weighted by Gasteiger charge is 2.27. The molecule has 2 aromatic heterocycles. The number of likely N-dealkylation sites (tertiary alicyclic amines) is 1. The molecule has 1 fully saturated rings. The Morgan fingerprint density at radius 3 is 2.67 bits per heavy atom. The van der Waals surface area contributed by atoms with Gasteiger partial charge in [0.05, 0.1) is 0 Å². The van der Waals surface area contributed by atoms with Crippen molar-refractivity contribution in [1.82, 2.24) is 25.3 Å². The predicted octanol–water partition coefficient (Wildman–Crippen LogP) is 3.96. The molecule has 0 saturated carbocycles. The highest BCUT2D eigenvalue weighted by molar-refractivity contribution is 5.74. The number of urea groups is 1. The van der Waals surface area contributed by atoms with Crippen LogP contribution in [0.25, 0.3) is 11.4 Å². The maximum atomic E-state index is 12.4. The van der Waals surface area contributed by atoms with E-state index in [0.717, 1.165) is 42.6 Å². The van der Waals surface area contributed by atoms with Crippen LogP contribution in [0.1, 0.15) is 42.5 Å². The van der Waals surface area contributed by atoms with Gasteiger partial charge in [0.15, 0.2) is 0 Å². The van der Waals surface area contributed by atoms with E-state index in [1.165, 1.54) is 0 Å². The number of carbonyl (C=O) groups excluding carboxylic acids is 1. The molecule has 0 atom stereocenters. The monoisotopic (exact) mass is 405 g/mol. The number of hydrogen-bond acceptors (Lipinski definition) is 5. The van der Waals surface area contributed by atoms with E-state index in [4.69, 9.17) is 4.52 Å². The lowest BCUT2D eigenvalue weighted by Crippen LogP contribution is -2.44. The Kier molecular flexibility index (Phi) is 6.37.